The molecule has 2 aromatic carbocycles. The normalized spacial score (nSPS) is 16.4. The zero-order valence-electron chi connectivity index (χ0n) is 18.4. The average Bonchev–Trinajstić information content (AvgIpc) is 2.71. The summed E-state index contributed by atoms with van der Waals surface area (Å²) in [7, 11) is 6.27. The number of aryl methyl sites for hydroxylation is 2. The van der Waals surface area contributed by atoms with Crippen LogP contribution in [-0.4, -0.2) is 69.6 Å². The van der Waals surface area contributed by atoms with Gasteiger partial charge in [0.05, 0.1) is 6.04 Å². The van der Waals surface area contributed by atoms with Crippen molar-refractivity contribution < 1.29 is 4.79 Å². The van der Waals surface area contributed by atoms with Gasteiger partial charge in [-0.05, 0) is 61.9 Å². The number of nitrogens with zero attached hydrogens (tertiary/aromatic N) is 3. The van der Waals surface area contributed by atoms with Crippen LogP contribution in [0.5, 0.6) is 0 Å². The molecule has 29 heavy (non-hydrogen) atoms. The van der Waals surface area contributed by atoms with Crippen molar-refractivity contribution in [3.05, 3.63) is 64.7 Å². The molecule has 1 aliphatic heterocycles. The van der Waals surface area contributed by atoms with Gasteiger partial charge in [-0.15, -0.1) is 0 Å². The molecule has 2 aromatic rings. The van der Waals surface area contributed by atoms with Gasteiger partial charge < -0.3 is 15.1 Å². The van der Waals surface area contributed by atoms with Gasteiger partial charge in [-0.1, -0.05) is 18.2 Å². The van der Waals surface area contributed by atoms with Gasteiger partial charge in [-0.3, -0.25) is 9.69 Å². The molecule has 156 valence electrons. The third kappa shape index (κ3) is 5.37. The molecular weight excluding hydrogens is 360 g/mol. The van der Waals surface area contributed by atoms with Crippen molar-refractivity contribution in [1.29, 1.82) is 0 Å². The standard InChI is InChI=1S/C24H34N4O/c1-18-6-7-21(16-19(18)2)24(29)25-17-23(28-14-12-27(5)13-15-28)20-8-10-22(11-9-20)26(3)4/h6-11,16,23H,12-15,17H2,1-5H3,(H,25,29). The van der Waals surface area contributed by atoms with Crippen molar-refractivity contribution in [2.75, 3.05) is 58.8 Å². The van der Waals surface area contributed by atoms with E-state index in [1.807, 2.05) is 25.1 Å². The first-order chi connectivity index (χ1) is 13.8. The highest BCUT2D eigenvalue weighted by atomic mass is 16.1. The van der Waals surface area contributed by atoms with Crippen LogP contribution in [-0.2, 0) is 0 Å². The summed E-state index contributed by atoms with van der Waals surface area (Å²) in [4.78, 5) is 19.7. The maximum Gasteiger partial charge on any atom is 0.251 e. The van der Waals surface area contributed by atoms with Crippen molar-refractivity contribution in [2.24, 2.45) is 0 Å². The van der Waals surface area contributed by atoms with Crippen molar-refractivity contribution in [2.45, 2.75) is 19.9 Å². The number of carbonyl (C=O) groups excluding carboxylic acids is 1. The molecule has 1 heterocycles. The van der Waals surface area contributed by atoms with Gasteiger partial charge in [0.2, 0.25) is 0 Å². The molecule has 0 radical (unpaired) electrons. The molecule has 0 bridgehead atoms. The van der Waals surface area contributed by atoms with Crippen LogP contribution >= 0.6 is 0 Å². The van der Waals surface area contributed by atoms with E-state index in [0.29, 0.717) is 6.54 Å². The van der Waals surface area contributed by atoms with Crippen molar-refractivity contribution in [3.63, 3.8) is 0 Å². The number of likely N-dealkylation sites (N-methyl/N-ethyl adjacent to an activating group) is 1. The first-order valence-electron chi connectivity index (χ1n) is 10.4. The molecule has 0 spiro atoms. The summed E-state index contributed by atoms with van der Waals surface area (Å²) in [6.07, 6.45) is 0. The Morgan fingerprint density at radius 3 is 2.24 bits per heavy atom. The quantitative estimate of drug-likeness (QED) is 0.817. The predicted octanol–water partition coefficient (Wildman–Crippen LogP) is 3.09. The molecule has 5 nitrogen and oxygen atoms in total. The zero-order valence-corrected chi connectivity index (χ0v) is 18.4. The van der Waals surface area contributed by atoms with Gasteiger partial charge >= 0.3 is 0 Å². The zero-order chi connectivity index (χ0) is 21.0. The van der Waals surface area contributed by atoms with Gasteiger partial charge in [0.25, 0.3) is 5.91 Å². The maximum atomic E-state index is 12.8. The number of nitrogens with one attached hydrogen (secondary N) is 1. The van der Waals surface area contributed by atoms with Crippen LogP contribution in [0, 0.1) is 13.8 Å². The Morgan fingerprint density at radius 1 is 1.00 bits per heavy atom. The fourth-order valence-corrected chi connectivity index (χ4v) is 3.76. The average molecular weight is 395 g/mol. The minimum absolute atomic E-state index is 0.00265. The Hall–Kier alpha value is -2.37. The summed E-state index contributed by atoms with van der Waals surface area (Å²) in [6, 6.07) is 14.8. The lowest BCUT2D eigenvalue weighted by molar-refractivity contribution is 0.0886. The van der Waals surface area contributed by atoms with Crippen LogP contribution < -0.4 is 10.2 Å². The number of carbonyl (C=O) groups is 1. The summed E-state index contributed by atoms with van der Waals surface area (Å²) in [6.45, 7) is 8.85. The number of rotatable bonds is 6. The topological polar surface area (TPSA) is 38.8 Å². The number of hydrogen-bond donors (Lipinski definition) is 1. The Bertz CT molecular complexity index is 823. The fraction of sp³-hybridized carbons (Fsp3) is 0.458. The summed E-state index contributed by atoms with van der Waals surface area (Å²) >= 11 is 0. The van der Waals surface area contributed by atoms with Crippen LogP contribution in [0.2, 0.25) is 0 Å². The smallest absolute Gasteiger partial charge is 0.251 e. The summed E-state index contributed by atoms with van der Waals surface area (Å²) in [5.41, 5.74) is 5.52. The van der Waals surface area contributed by atoms with Crippen LogP contribution in [0.1, 0.15) is 33.1 Å². The second kappa shape index (κ2) is 9.42. The molecule has 1 atom stereocenters. The van der Waals surface area contributed by atoms with Crippen LogP contribution in [0.3, 0.4) is 0 Å². The molecule has 0 aliphatic carbocycles. The predicted molar refractivity (Wildman–Crippen MR) is 121 cm³/mol. The first-order valence-corrected chi connectivity index (χ1v) is 10.4. The van der Waals surface area contributed by atoms with E-state index in [4.69, 9.17) is 0 Å². The highest BCUT2D eigenvalue weighted by molar-refractivity contribution is 5.94. The lowest BCUT2D eigenvalue weighted by atomic mass is 10.0. The van der Waals surface area contributed by atoms with E-state index < -0.39 is 0 Å². The van der Waals surface area contributed by atoms with Gasteiger partial charge in [0.1, 0.15) is 0 Å². The van der Waals surface area contributed by atoms with E-state index in [1.54, 1.807) is 0 Å². The molecule has 1 amide bonds. The van der Waals surface area contributed by atoms with E-state index in [-0.39, 0.29) is 11.9 Å². The first kappa shape index (κ1) is 21.3. The molecule has 1 unspecified atom stereocenters. The Kier molecular flexibility index (Phi) is 6.93. The van der Waals surface area contributed by atoms with E-state index in [2.05, 4.69) is 72.3 Å². The Morgan fingerprint density at radius 2 is 1.66 bits per heavy atom. The van der Waals surface area contributed by atoms with Gasteiger partial charge in [-0.25, -0.2) is 0 Å². The van der Waals surface area contributed by atoms with E-state index >= 15 is 0 Å². The second-order valence-electron chi connectivity index (χ2n) is 8.35. The Labute approximate surface area is 175 Å². The van der Waals surface area contributed by atoms with Crippen LogP contribution in [0.4, 0.5) is 5.69 Å². The molecule has 5 heteroatoms. The summed E-state index contributed by atoms with van der Waals surface area (Å²) in [5, 5.41) is 3.19. The third-order valence-corrected chi connectivity index (χ3v) is 6.00. The molecule has 0 saturated carbocycles. The van der Waals surface area contributed by atoms with Crippen molar-refractivity contribution in [3.8, 4) is 0 Å². The number of amides is 1. The van der Waals surface area contributed by atoms with Crippen LogP contribution in [0.15, 0.2) is 42.5 Å². The monoisotopic (exact) mass is 394 g/mol. The molecule has 0 aromatic heterocycles. The molecule has 3 rings (SSSR count). The fourth-order valence-electron chi connectivity index (χ4n) is 3.76. The molecular formula is C24H34N4O. The van der Waals surface area contributed by atoms with E-state index in [0.717, 1.165) is 37.3 Å². The van der Waals surface area contributed by atoms with Gasteiger partial charge in [-0.2, -0.15) is 0 Å². The van der Waals surface area contributed by atoms with Crippen molar-refractivity contribution >= 4 is 11.6 Å². The second-order valence-corrected chi connectivity index (χ2v) is 8.35. The van der Waals surface area contributed by atoms with Crippen molar-refractivity contribution in [1.82, 2.24) is 15.1 Å². The number of piperazine rings is 1. The Balaban J connectivity index is 1.75. The SMILES string of the molecule is Cc1ccc(C(=O)NCC(c2ccc(N(C)C)cc2)N2CCN(C)CC2)cc1C. The minimum Gasteiger partial charge on any atom is -0.378 e. The third-order valence-electron chi connectivity index (χ3n) is 6.00. The lowest BCUT2D eigenvalue weighted by Gasteiger charge is -2.38. The molecule has 1 fully saturated rings. The molecule has 1 saturated heterocycles. The number of anilines is 1. The van der Waals surface area contributed by atoms with E-state index in [9.17, 15) is 4.79 Å². The highest BCUT2D eigenvalue weighted by Crippen LogP contribution is 2.24. The lowest BCUT2D eigenvalue weighted by Crippen LogP contribution is -2.48. The largest absolute Gasteiger partial charge is 0.378 e. The molecule has 1 aliphatic rings. The minimum atomic E-state index is -0.00265. The number of benzene rings is 2. The van der Waals surface area contributed by atoms with E-state index in [1.165, 1.54) is 16.8 Å². The summed E-state index contributed by atoms with van der Waals surface area (Å²) < 4.78 is 0. The van der Waals surface area contributed by atoms with Crippen LogP contribution in [0.25, 0.3) is 0 Å². The highest BCUT2D eigenvalue weighted by Gasteiger charge is 2.24. The maximum absolute atomic E-state index is 12.8. The van der Waals surface area contributed by atoms with Gasteiger partial charge in [0, 0.05) is 58.1 Å². The number of hydrogen-bond acceptors (Lipinski definition) is 4. The summed E-state index contributed by atoms with van der Waals surface area (Å²) in [5.74, 6) is -0.00265. The van der Waals surface area contributed by atoms with Gasteiger partial charge in [0.15, 0.2) is 0 Å². The molecule has 1 N–H and O–H groups in total.